The molecule has 1 aliphatic heterocycles. The molecule has 4 fully saturated rings. The number of amides is 1. The van der Waals surface area contributed by atoms with Crippen molar-refractivity contribution >= 4 is 17.5 Å². The molecule has 6 rings (SSSR count). The van der Waals surface area contributed by atoms with Crippen LogP contribution in [0.25, 0.3) is 0 Å². The Balaban J connectivity index is 1.09. The summed E-state index contributed by atoms with van der Waals surface area (Å²) >= 11 is 5.61. The van der Waals surface area contributed by atoms with E-state index >= 15 is 0 Å². The van der Waals surface area contributed by atoms with Crippen LogP contribution < -0.4 is 10.1 Å². The van der Waals surface area contributed by atoms with Gasteiger partial charge in [0.25, 0.3) is 11.8 Å². The Kier molecular flexibility index (Phi) is 4.31. The Morgan fingerprint density at radius 3 is 2.67 bits per heavy atom. The van der Waals surface area contributed by atoms with Crippen molar-refractivity contribution < 1.29 is 27.1 Å². The lowest BCUT2D eigenvalue weighted by molar-refractivity contribution is -0.144. The van der Waals surface area contributed by atoms with Crippen molar-refractivity contribution in [3.63, 3.8) is 0 Å². The molecule has 1 amide bonds. The molecule has 11 heteroatoms. The van der Waals surface area contributed by atoms with Gasteiger partial charge in [-0.3, -0.25) is 9.69 Å². The molecular formula is C19H18ClF3N4O3. The molecule has 0 unspecified atom stereocenters. The van der Waals surface area contributed by atoms with Gasteiger partial charge in [-0.05, 0) is 31.4 Å². The van der Waals surface area contributed by atoms with E-state index in [1.165, 1.54) is 12.1 Å². The summed E-state index contributed by atoms with van der Waals surface area (Å²) in [6.07, 6.45) is 2.01. The minimum absolute atomic E-state index is 0.0158. The van der Waals surface area contributed by atoms with Gasteiger partial charge in [0.05, 0.1) is 30.1 Å². The first-order chi connectivity index (χ1) is 14.2. The van der Waals surface area contributed by atoms with Crippen molar-refractivity contribution in [1.29, 1.82) is 0 Å². The minimum atomic E-state index is -2.63. The fourth-order valence-electron chi connectivity index (χ4n) is 4.64. The van der Waals surface area contributed by atoms with Gasteiger partial charge < -0.3 is 14.5 Å². The predicted molar refractivity (Wildman–Crippen MR) is 97.8 cm³/mol. The van der Waals surface area contributed by atoms with Crippen molar-refractivity contribution in [2.75, 3.05) is 19.7 Å². The predicted octanol–water partition coefficient (Wildman–Crippen LogP) is 2.68. The second kappa shape index (κ2) is 6.58. The molecule has 160 valence electrons. The number of rotatable bonds is 7. The lowest BCUT2D eigenvalue weighted by Crippen LogP contribution is -2.77. The van der Waals surface area contributed by atoms with Crippen LogP contribution in [0.4, 0.5) is 13.2 Å². The number of likely N-dealkylation sites (tertiary alicyclic amines) is 1. The van der Waals surface area contributed by atoms with Gasteiger partial charge in [-0.1, -0.05) is 11.6 Å². The smallest absolute Gasteiger partial charge is 0.272 e. The van der Waals surface area contributed by atoms with Crippen LogP contribution in [0.2, 0.25) is 5.02 Å². The Morgan fingerprint density at radius 2 is 2.00 bits per heavy atom. The second-order valence-electron chi connectivity index (χ2n) is 8.51. The van der Waals surface area contributed by atoms with Gasteiger partial charge in [0, 0.05) is 11.6 Å². The van der Waals surface area contributed by atoms with E-state index < -0.39 is 11.7 Å². The topological polar surface area (TPSA) is 80.5 Å². The first-order valence-electron chi connectivity index (χ1n) is 9.48. The van der Waals surface area contributed by atoms with E-state index in [1.54, 1.807) is 4.90 Å². The first kappa shape index (κ1) is 19.6. The van der Waals surface area contributed by atoms with E-state index in [-0.39, 0.29) is 53.9 Å². The summed E-state index contributed by atoms with van der Waals surface area (Å²) in [7, 11) is 0. The summed E-state index contributed by atoms with van der Waals surface area (Å²) in [6, 6.07) is 3.98. The van der Waals surface area contributed by atoms with Gasteiger partial charge in [-0.15, -0.1) is 10.2 Å². The molecule has 1 N–H and O–H groups in total. The van der Waals surface area contributed by atoms with Crippen molar-refractivity contribution in [2.24, 2.45) is 0 Å². The zero-order chi connectivity index (χ0) is 21.1. The highest BCUT2D eigenvalue weighted by molar-refractivity contribution is 6.30. The van der Waals surface area contributed by atoms with Gasteiger partial charge in [-0.2, -0.15) is 0 Å². The molecule has 2 aromatic rings. The molecule has 1 saturated heterocycles. The highest BCUT2D eigenvalue weighted by Crippen LogP contribution is 2.67. The number of benzene rings is 1. The molecule has 2 heterocycles. The van der Waals surface area contributed by atoms with Crippen LogP contribution in [0, 0.1) is 5.82 Å². The maximum absolute atomic E-state index is 13.4. The number of carbonyl (C=O) groups is 1. The molecule has 4 aliphatic rings. The molecule has 0 atom stereocenters. The van der Waals surface area contributed by atoms with E-state index in [0.29, 0.717) is 31.0 Å². The Morgan fingerprint density at radius 1 is 1.27 bits per heavy atom. The Bertz CT molecular complexity index is 987. The third-order valence-corrected chi connectivity index (χ3v) is 6.19. The van der Waals surface area contributed by atoms with Crippen LogP contribution in [-0.4, -0.2) is 52.2 Å². The van der Waals surface area contributed by atoms with Gasteiger partial charge >= 0.3 is 0 Å². The number of halogens is 4. The molecule has 1 aromatic carbocycles. The number of hydrogen-bond acceptors (Lipinski definition) is 6. The Labute approximate surface area is 174 Å². The van der Waals surface area contributed by atoms with E-state index in [1.807, 2.05) is 0 Å². The largest absolute Gasteiger partial charge is 0.484 e. The molecule has 3 saturated carbocycles. The second-order valence-corrected chi connectivity index (χ2v) is 8.91. The highest BCUT2D eigenvalue weighted by Gasteiger charge is 2.71. The van der Waals surface area contributed by atoms with Crippen molar-refractivity contribution in [2.45, 2.75) is 42.7 Å². The van der Waals surface area contributed by atoms with E-state index in [4.69, 9.17) is 20.8 Å². The number of ether oxygens (including phenoxy) is 1. The standard InChI is InChI=1S/C19H18ClF3N4O3/c20-12-2-1-11(3-13(12)21)29-5-14(28)24-18-6-17(7-18,8-18)16-26-25-15(30-16)4-27-9-19(22,23)10-27/h1-3H,4-10H2,(H,24,28). The van der Waals surface area contributed by atoms with Crippen molar-refractivity contribution in [1.82, 2.24) is 20.4 Å². The average molecular weight is 443 g/mol. The van der Waals surface area contributed by atoms with Gasteiger partial charge in [-0.25, -0.2) is 13.2 Å². The summed E-state index contributed by atoms with van der Waals surface area (Å²) in [6.45, 7) is -0.615. The quantitative estimate of drug-likeness (QED) is 0.710. The van der Waals surface area contributed by atoms with Crippen LogP contribution in [0.15, 0.2) is 22.6 Å². The molecular weight excluding hydrogens is 425 g/mol. The summed E-state index contributed by atoms with van der Waals surface area (Å²) in [4.78, 5) is 13.7. The normalized spacial score (nSPS) is 28.8. The molecule has 1 aromatic heterocycles. The van der Waals surface area contributed by atoms with Crippen LogP contribution in [0.1, 0.15) is 31.0 Å². The zero-order valence-corrected chi connectivity index (χ0v) is 16.5. The van der Waals surface area contributed by atoms with E-state index in [2.05, 4.69) is 15.5 Å². The third-order valence-electron chi connectivity index (χ3n) is 5.89. The molecule has 0 spiro atoms. The van der Waals surface area contributed by atoms with Crippen molar-refractivity contribution in [3.8, 4) is 5.75 Å². The van der Waals surface area contributed by atoms with E-state index in [9.17, 15) is 18.0 Å². The van der Waals surface area contributed by atoms with Gasteiger partial charge in [0.15, 0.2) is 6.61 Å². The number of carbonyl (C=O) groups excluding carboxylic acids is 1. The lowest BCUT2D eigenvalue weighted by atomic mass is 9.39. The Hall–Kier alpha value is -2.33. The van der Waals surface area contributed by atoms with Crippen LogP contribution >= 0.6 is 11.6 Å². The monoisotopic (exact) mass is 442 g/mol. The fourth-order valence-corrected chi connectivity index (χ4v) is 4.76. The zero-order valence-electron chi connectivity index (χ0n) is 15.8. The number of alkyl halides is 2. The SMILES string of the molecule is O=C(COc1ccc(Cl)c(F)c1)NC12CC(c3nnc(CN4CC(F)(F)C4)o3)(C1)C2. The fraction of sp³-hybridized carbons (Fsp3) is 0.526. The summed E-state index contributed by atoms with van der Waals surface area (Å²) in [5.41, 5.74) is -0.572. The lowest BCUT2D eigenvalue weighted by Gasteiger charge is -2.68. The van der Waals surface area contributed by atoms with Gasteiger partial charge in [0.1, 0.15) is 11.6 Å². The number of aromatic nitrogens is 2. The molecule has 7 nitrogen and oxygen atoms in total. The summed E-state index contributed by atoms with van der Waals surface area (Å²) in [5.74, 6) is -2.51. The minimum Gasteiger partial charge on any atom is -0.484 e. The molecule has 30 heavy (non-hydrogen) atoms. The average Bonchev–Trinajstić information content (AvgIpc) is 3.04. The first-order valence-corrected chi connectivity index (χ1v) is 9.86. The molecule has 3 aliphatic carbocycles. The summed E-state index contributed by atoms with van der Waals surface area (Å²) in [5, 5.41) is 11.0. The summed E-state index contributed by atoms with van der Waals surface area (Å²) < 4.78 is 50.2. The maximum Gasteiger partial charge on any atom is 0.272 e. The molecule has 0 radical (unpaired) electrons. The molecule has 2 bridgehead atoms. The van der Waals surface area contributed by atoms with Gasteiger partial charge in [0.2, 0.25) is 11.8 Å². The highest BCUT2D eigenvalue weighted by atomic mass is 35.5. The number of nitrogens with one attached hydrogen (secondary N) is 1. The number of nitrogens with zero attached hydrogens (tertiary/aromatic N) is 3. The van der Waals surface area contributed by atoms with Crippen LogP contribution in [0.3, 0.4) is 0 Å². The van der Waals surface area contributed by atoms with E-state index in [0.717, 1.165) is 6.07 Å². The van der Waals surface area contributed by atoms with Crippen LogP contribution in [-0.2, 0) is 16.8 Å². The van der Waals surface area contributed by atoms with Crippen molar-refractivity contribution in [3.05, 3.63) is 40.8 Å². The van der Waals surface area contributed by atoms with Crippen LogP contribution in [0.5, 0.6) is 5.75 Å². The third kappa shape index (κ3) is 3.41. The maximum atomic E-state index is 13.4. The number of hydrogen-bond donors (Lipinski definition) is 1.